The van der Waals surface area contributed by atoms with Gasteiger partial charge in [-0.25, -0.2) is 5.01 Å². The molecule has 0 bridgehead atoms. The van der Waals surface area contributed by atoms with Crippen molar-refractivity contribution in [2.45, 2.75) is 13.3 Å². The molecule has 24 heavy (non-hydrogen) atoms. The van der Waals surface area contributed by atoms with Crippen molar-refractivity contribution >= 4 is 23.6 Å². The monoisotopic (exact) mass is 322 g/mol. The van der Waals surface area contributed by atoms with Crippen molar-refractivity contribution in [3.8, 4) is 5.75 Å². The van der Waals surface area contributed by atoms with Gasteiger partial charge in [0.25, 0.3) is 11.8 Å². The van der Waals surface area contributed by atoms with Crippen LogP contribution in [0, 0.1) is 0 Å². The Kier molecular flexibility index (Phi) is 4.33. The first kappa shape index (κ1) is 15.8. The van der Waals surface area contributed by atoms with Gasteiger partial charge < -0.3 is 4.74 Å². The first-order valence-electron chi connectivity index (χ1n) is 7.72. The number of methoxy groups -OCH3 is 1. The number of anilines is 1. The smallest absolute Gasteiger partial charge is 0.282 e. The molecule has 1 fully saturated rings. The highest BCUT2D eigenvalue weighted by molar-refractivity contribution is 6.31. The fourth-order valence-corrected chi connectivity index (χ4v) is 2.49. The summed E-state index contributed by atoms with van der Waals surface area (Å²) in [7, 11) is 1.59. The number of carbonyl (C=O) groups excluding carboxylic acids is 2. The summed E-state index contributed by atoms with van der Waals surface area (Å²) in [5.41, 5.74) is 5.29. The molecule has 122 valence electrons. The maximum atomic E-state index is 12.5. The van der Waals surface area contributed by atoms with Crippen LogP contribution in [-0.2, 0) is 16.0 Å². The molecular weight excluding hydrogens is 304 g/mol. The Bertz CT molecular complexity index is 792. The number of hydrazine groups is 1. The standard InChI is InChI=1S/C19H18N2O3/c1-3-13-4-8-15(9-5-13)21-19(23)17(18(22)20-21)12-14-6-10-16(24-2)11-7-14/h4-12H,3H2,1-2H3,(H,20,22)/b17-12-. The minimum Gasteiger partial charge on any atom is -0.497 e. The highest BCUT2D eigenvalue weighted by atomic mass is 16.5. The normalized spacial score (nSPS) is 15.8. The van der Waals surface area contributed by atoms with Crippen molar-refractivity contribution in [1.82, 2.24) is 5.43 Å². The maximum Gasteiger partial charge on any atom is 0.282 e. The van der Waals surface area contributed by atoms with E-state index in [4.69, 9.17) is 4.74 Å². The minimum atomic E-state index is -0.407. The lowest BCUT2D eigenvalue weighted by Crippen LogP contribution is -2.35. The molecule has 2 aromatic carbocycles. The number of ether oxygens (including phenoxy) is 1. The van der Waals surface area contributed by atoms with E-state index in [1.54, 1.807) is 37.5 Å². The average Bonchev–Trinajstić information content (AvgIpc) is 2.90. The van der Waals surface area contributed by atoms with Crippen molar-refractivity contribution in [1.29, 1.82) is 0 Å². The number of hydrogen-bond acceptors (Lipinski definition) is 3. The van der Waals surface area contributed by atoms with Gasteiger partial charge in [0.2, 0.25) is 0 Å². The van der Waals surface area contributed by atoms with Crippen molar-refractivity contribution in [2.24, 2.45) is 0 Å². The van der Waals surface area contributed by atoms with E-state index in [9.17, 15) is 9.59 Å². The lowest BCUT2D eigenvalue weighted by molar-refractivity contribution is -0.117. The van der Waals surface area contributed by atoms with Gasteiger partial charge in [0, 0.05) is 0 Å². The number of benzene rings is 2. The second-order valence-electron chi connectivity index (χ2n) is 5.43. The Labute approximate surface area is 140 Å². The second kappa shape index (κ2) is 6.58. The zero-order valence-corrected chi connectivity index (χ0v) is 13.6. The number of nitrogens with one attached hydrogen (secondary N) is 1. The number of nitrogens with zero attached hydrogens (tertiary/aromatic N) is 1. The van der Waals surface area contributed by atoms with Gasteiger partial charge in [0.05, 0.1) is 12.8 Å². The van der Waals surface area contributed by atoms with E-state index < -0.39 is 5.91 Å². The van der Waals surface area contributed by atoms with E-state index in [-0.39, 0.29) is 11.5 Å². The van der Waals surface area contributed by atoms with E-state index in [2.05, 4.69) is 12.3 Å². The Morgan fingerprint density at radius 1 is 1.04 bits per heavy atom. The van der Waals surface area contributed by atoms with Gasteiger partial charge in [-0.2, -0.15) is 0 Å². The van der Waals surface area contributed by atoms with Gasteiger partial charge >= 0.3 is 0 Å². The minimum absolute atomic E-state index is 0.111. The second-order valence-corrected chi connectivity index (χ2v) is 5.43. The van der Waals surface area contributed by atoms with Crippen LogP contribution in [-0.4, -0.2) is 18.9 Å². The SMILES string of the molecule is CCc1ccc(N2NC(=O)/C(=C/c3ccc(OC)cc3)C2=O)cc1. The summed E-state index contributed by atoms with van der Waals surface area (Å²) in [4.78, 5) is 24.7. The van der Waals surface area contributed by atoms with E-state index >= 15 is 0 Å². The van der Waals surface area contributed by atoms with Crippen LogP contribution in [0.3, 0.4) is 0 Å². The topological polar surface area (TPSA) is 58.6 Å². The number of rotatable bonds is 4. The van der Waals surface area contributed by atoms with Crippen LogP contribution >= 0.6 is 0 Å². The van der Waals surface area contributed by atoms with E-state index in [1.165, 1.54) is 10.6 Å². The number of amides is 2. The summed E-state index contributed by atoms with van der Waals surface area (Å²) >= 11 is 0. The lowest BCUT2D eigenvalue weighted by Gasteiger charge is -2.14. The molecule has 1 aliphatic heterocycles. The third kappa shape index (κ3) is 3.01. The Balaban J connectivity index is 1.86. The summed E-state index contributed by atoms with van der Waals surface area (Å²) in [5.74, 6) is -0.0487. The van der Waals surface area contributed by atoms with Gasteiger partial charge in [-0.15, -0.1) is 0 Å². The van der Waals surface area contributed by atoms with Crippen molar-refractivity contribution < 1.29 is 14.3 Å². The quantitative estimate of drug-likeness (QED) is 0.695. The lowest BCUT2D eigenvalue weighted by atomic mass is 10.1. The summed E-state index contributed by atoms with van der Waals surface area (Å²) in [6.45, 7) is 2.06. The summed E-state index contributed by atoms with van der Waals surface area (Å²) in [6, 6.07) is 14.7. The molecule has 0 saturated carbocycles. The van der Waals surface area contributed by atoms with Gasteiger partial charge in [-0.3, -0.25) is 15.0 Å². The van der Waals surface area contributed by atoms with Crippen molar-refractivity contribution in [3.63, 3.8) is 0 Å². The fourth-order valence-electron chi connectivity index (χ4n) is 2.49. The molecule has 2 aromatic rings. The van der Waals surface area contributed by atoms with Crippen LogP contribution in [0.25, 0.3) is 6.08 Å². The molecule has 3 rings (SSSR count). The first-order chi connectivity index (χ1) is 11.6. The molecule has 0 unspecified atom stereocenters. The fraction of sp³-hybridized carbons (Fsp3) is 0.158. The molecule has 2 amide bonds. The van der Waals surface area contributed by atoms with E-state index in [0.29, 0.717) is 5.69 Å². The number of carbonyl (C=O) groups is 2. The zero-order valence-electron chi connectivity index (χ0n) is 13.6. The molecule has 0 aliphatic carbocycles. The zero-order chi connectivity index (χ0) is 17.1. The molecule has 0 aromatic heterocycles. The molecule has 1 heterocycles. The Morgan fingerprint density at radius 3 is 2.29 bits per heavy atom. The molecule has 1 N–H and O–H groups in total. The van der Waals surface area contributed by atoms with Crippen molar-refractivity contribution in [3.05, 3.63) is 65.2 Å². The van der Waals surface area contributed by atoms with Crippen LogP contribution in [0.1, 0.15) is 18.1 Å². The average molecular weight is 322 g/mol. The first-order valence-corrected chi connectivity index (χ1v) is 7.72. The van der Waals surface area contributed by atoms with Crippen LogP contribution < -0.4 is 15.2 Å². The van der Waals surface area contributed by atoms with E-state index in [1.807, 2.05) is 24.3 Å². The molecule has 0 atom stereocenters. The third-order valence-electron chi connectivity index (χ3n) is 3.92. The highest BCUT2D eigenvalue weighted by Gasteiger charge is 2.34. The molecule has 5 heteroatoms. The largest absolute Gasteiger partial charge is 0.497 e. The predicted molar refractivity (Wildman–Crippen MR) is 92.4 cm³/mol. The number of hydrogen-bond donors (Lipinski definition) is 1. The summed E-state index contributed by atoms with van der Waals surface area (Å²) < 4.78 is 5.10. The summed E-state index contributed by atoms with van der Waals surface area (Å²) in [5, 5.41) is 1.27. The molecule has 5 nitrogen and oxygen atoms in total. The van der Waals surface area contributed by atoms with Crippen LogP contribution in [0.2, 0.25) is 0 Å². The molecule has 1 saturated heterocycles. The Morgan fingerprint density at radius 2 is 1.71 bits per heavy atom. The van der Waals surface area contributed by atoms with Crippen LogP contribution in [0.15, 0.2) is 54.1 Å². The summed E-state index contributed by atoms with van der Waals surface area (Å²) in [6.07, 6.45) is 2.50. The Hall–Kier alpha value is -3.08. The molecular formula is C19H18N2O3. The van der Waals surface area contributed by atoms with Gasteiger partial charge in [0.1, 0.15) is 11.3 Å². The van der Waals surface area contributed by atoms with Crippen LogP contribution in [0.4, 0.5) is 5.69 Å². The molecule has 0 spiro atoms. The van der Waals surface area contributed by atoms with E-state index in [0.717, 1.165) is 17.7 Å². The van der Waals surface area contributed by atoms with Gasteiger partial charge in [-0.05, 0) is 47.9 Å². The maximum absolute atomic E-state index is 12.5. The predicted octanol–water partition coefficient (Wildman–Crippen LogP) is 2.72. The molecule has 1 aliphatic rings. The van der Waals surface area contributed by atoms with Gasteiger partial charge in [-0.1, -0.05) is 31.2 Å². The highest BCUT2D eigenvalue weighted by Crippen LogP contribution is 2.22. The van der Waals surface area contributed by atoms with Crippen molar-refractivity contribution in [2.75, 3.05) is 12.1 Å². The third-order valence-corrected chi connectivity index (χ3v) is 3.92. The van der Waals surface area contributed by atoms with Gasteiger partial charge in [0.15, 0.2) is 0 Å². The molecule has 0 radical (unpaired) electrons. The number of aryl methyl sites for hydroxylation is 1. The van der Waals surface area contributed by atoms with Crippen LogP contribution in [0.5, 0.6) is 5.75 Å².